The topological polar surface area (TPSA) is 70.1 Å². The van der Waals surface area contributed by atoms with E-state index in [1.54, 1.807) is 23.1 Å². The minimum Gasteiger partial charge on any atom is -0.507 e. The van der Waals surface area contributed by atoms with Gasteiger partial charge in [0.25, 0.3) is 11.7 Å². The zero-order valence-electron chi connectivity index (χ0n) is 20.9. The summed E-state index contributed by atoms with van der Waals surface area (Å²) < 4.78 is 5.60. The lowest BCUT2D eigenvalue weighted by Crippen LogP contribution is -2.33. The number of hydrogen-bond acceptors (Lipinski definition) is 5. The standard InChI is InChI=1S/C28H36N2O4/c1-6-29(7-2)16-9-17-30-25(21-12-10-19(4)11-13-21)24(27(32)28(30)33)26(31)22-14-15-23(34-8-3)20(5)18-22/h10-15,18,25,31H,6-9,16-17H2,1-5H3/b26-24+. The van der Waals surface area contributed by atoms with Gasteiger partial charge in [-0.1, -0.05) is 43.7 Å². The van der Waals surface area contributed by atoms with Crippen LogP contribution >= 0.6 is 0 Å². The average molecular weight is 465 g/mol. The summed E-state index contributed by atoms with van der Waals surface area (Å²) in [6.45, 7) is 13.7. The number of nitrogens with zero attached hydrogens (tertiary/aromatic N) is 2. The highest BCUT2D eigenvalue weighted by molar-refractivity contribution is 6.46. The van der Waals surface area contributed by atoms with Crippen molar-refractivity contribution in [3.63, 3.8) is 0 Å². The van der Waals surface area contributed by atoms with Crippen molar-refractivity contribution >= 4 is 17.4 Å². The van der Waals surface area contributed by atoms with Gasteiger partial charge in [0.2, 0.25) is 0 Å². The van der Waals surface area contributed by atoms with Crippen LogP contribution in [0.5, 0.6) is 5.75 Å². The highest BCUT2D eigenvalue weighted by Crippen LogP contribution is 2.40. The molecule has 2 aromatic carbocycles. The third-order valence-electron chi connectivity index (χ3n) is 6.45. The molecule has 1 aliphatic rings. The van der Waals surface area contributed by atoms with Gasteiger partial charge in [0.15, 0.2) is 0 Å². The molecule has 1 amide bonds. The van der Waals surface area contributed by atoms with Gasteiger partial charge in [-0.05, 0) is 76.2 Å². The summed E-state index contributed by atoms with van der Waals surface area (Å²) in [6, 6.07) is 12.5. The second-order valence-corrected chi connectivity index (χ2v) is 8.70. The minimum absolute atomic E-state index is 0.139. The van der Waals surface area contributed by atoms with E-state index in [2.05, 4.69) is 18.7 Å². The zero-order valence-corrected chi connectivity index (χ0v) is 20.9. The molecule has 182 valence electrons. The maximum Gasteiger partial charge on any atom is 0.295 e. The molecule has 0 aromatic heterocycles. The fourth-order valence-corrected chi connectivity index (χ4v) is 4.48. The number of likely N-dealkylation sites (tertiary alicyclic amines) is 1. The zero-order chi connectivity index (χ0) is 24.8. The van der Waals surface area contributed by atoms with Gasteiger partial charge < -0.3 is 19.6 Å². The molecule has 0 saturated carbocycles. The molecule has 3 rings (SSSR count). The molecular weight excluding hydrogens is 428 g/mol. The lowest BCUT2D eigenvalue weighted by atomic mass is 9.94. The molecule has 6 nitrogen and oxygen atoms in total. The molecule has 0 bridgehead atoms. The van der Waals surface area contributed by atoms with Gasteiger partial charge in [-0.3, -0.25) is 9.59 Å². The quantitative estimate of drug-likeness (QED) is 0.309. The highest BCUT2D eigenvalue weighted by atomic mass is 16.5. The van der Waals surface area contributed by atoms with Crippen molar-refractivity contribution in [3.05, 3.63) is 70.3 Å². The second-order valence-electron chi connectivity index (χ2n) is 8.70. The van der Waals surface area contributed by atoms with Crippen LogP contribution in [0.2, 0.25) is 0 Å². The molecule has 1 heterocycles. The molecule has 6 heteroatoms. The number of amides is 1. The van der Waals surface area contributed by atoms with Gasteiger partial charge in [-0.2, -0.15) is 0 Å². The van der Waals surface area contributed by atoms with E-state index in [1.807, 2.05) is 45.0 Å². The van der Waals surface area contributed by atoms with Crippen molar-refractivity contribution in [3.8, 4) is 5.75 Å². The highest BCUT2D eigenvalue weighted by Gasteiger charge is 2.45. The summed E-state index contributed by atoms with van der Waals surface area (Å²) in [5.74, 6) is -0.626. The first-order chi connectivity index (χ1) is 16.3. The Balaban J connectivity index is 2.03. The fourth-order valence-electron chi connectivity index (χ4n) is 4.48. The maximum atomic E-state index is 13.2. The SMILES string of the molecule is CCOc1ccc(/C(O)=C2\C(=O)C(=O)N(CCCN(CC)CC)C2c2ccc(C)cc2)cc1C. The number of carbonyl (C=O) groups excluding carboxylic acids is 2. The molecule has 0 radical (unpaired) electrons. The number of aliphatic hydroxyl groups is 1. The first-order valence-electron chi connectivity index (χ1n) is 12.1. The third-order valence-corrected chi connectivity index (χ3v) is 6.45. The van der Waals surface area contributed by atoms with Gasteiger partial charge in [-0.25, -0.2) is 0 Å². The van der Waals surface area contributed by atoms with E-state index in [9.17, 15) is 14.7 Å². The van der Waals surface area contributed by atoms with Crippen LogP contribution in [0.1, 0.15) is 55.5 Å². The number of benzene rings is 2. The Morgan fingerprint density at radius 3 is 2.29 bits per heavy atom. The Morgan fingerprint density at radius 1 is 1.03 bits per heavy atom. The summed E-state index contributed by atoms with van der Waals surface area (Å²) in [4.78, 5) is 30.2. The van der Waals surface area contributed by atoms with Crippen molar-refractivity contribution in [2.75, 3.05) is 32.8 Å². The Hall–Kier alpha value is -3.12. The van der Waals surface area contributed by atoms with Crippen LogP contribution in [0, 0.1) is 13.8 Å². The summed E-state index contributed by atoms with van der Waals surface area (Å²) in [6.07, 6.45) is 0.749. The number of ketones is 1. The Kier molecular flexibility index (Phi) is 8.51. The van der Waals surface area contributed by atoms with Gasteiger partial charge in [0, 0.05) is 12.1 Å². The average Bonchev–Trinajstić information content (AvgIpc) is 3.08. The number of Topliss-reactive ketones (excluding diaryl/α,β-unsaturated/α-hetero) is 1. The van der Waals surface area contributed by atoms with Gasteiger partial charge in [0.1, 0.15) is 11.5 Å². The van der Waals surface area contributed by atoms with Crippen molar-refractivity contribution in [2.24, 2.45) is 0 Å². The molecular formula is C28H36N2O4. The summed E-state index contributed by atoms with van der Waals surface area (Å²) in [7, 11) is 0. The van der Waals surface area contributed by atoms with Crippen LogP contribution in [0.25, 0.3) is 5.76 Å². The van der Waals surface area contributed by atoms with Gasteiger partial charge in [-0.15, -0.1) is 0 Å². The molecule has 1 atom stereocenters. The van der Waals surface area contributed by atoms with Crippen LogP contribution in [-0.4, -0.2) is 59.4 Å². The summed E-state index contributed by atoms with van der Waals surface area (Å²) in [5, 5.41) is 11.3. The van der Waals surface area contributed by atoms with Crippen molar-refractivity contribution < 1.29 is 19.4 Å². The summed E-state index contributed by atoms with van der Waals surface area (Å²) >= 11 is 0. The lowest BCUT2D eigenvalue weighted by molar-refractivity contribution is -0.140. The van der Waals surface area contributed by atoms with Crippen LogP contribution < -0.4 is 4.74 Å². The smallest absolute Gasteiger partial charge is 0.295 e. The van der Waals surface area contributed by atoms with Crippen molar-refractivity contribution in [2.45, 2.75) is 47.1 Å². The van der Waals surface area contributed by atoms with E-state index in [-0.39, 0.29) is 11.3 Å². The Labute approximate surface area is 202 Å². The molecule has 1 fully saturated rings. The lowest BCUT2D eigenvalue weighted by Gasteiger charge is -2.27. The van der Waals surface area contributed by atoms with E-state index in [1.165, 1.54) is 0 Å². The normalized spacial score (nSPS) is 17.6. The number of rotatable bonds is 10. The molecule has 1 aliphatic heterocycles. The van der Waals surface area contributed by atoms with E-state index >= 15 is 0 Å². The monoisotopic (exact) mass is 464 g/mol. The van der Waals surface area contributed by atoms with E-state index in [0.29, 0.717) is 18.7 Å². The number of hydrogen-bond donors (Lipinski definition) is 1. The van der Waals surface area contributed by atoms with Crippen LogP contribution in [0.3, 0.4) is 0 Å². The molecule has 34 heavy (non-hydrogen) atoms. The van der Waals surface area contributed by atoms with E-state index in [4.69, 9.17) is 4.74 Å². The molecule has 1 N–H and O–H groups in total. The fraction of sp³-hybridized carbons (Fsp3) is 0.429. The maximum absolute atomic E-state index is 13.2. The van der Waals surface area contributed by atoms with Crippen LogP contribution in [0.4, 0.5) is 0 Å². The van der Waals surface area contributed by atoms with Crippen molar-refractivity contribution in [1.82, 2.24) is 9.80 Å². The number of ether oxygens (including phenoxy) is 1. The first kappa shape index (κ1) is 25.5. The number of aryl methyl sites for hydroxylation is 2. The van der Waals surface area contributed by atoms with Crippen molar-refractivity contribution in [1.29, 1.82) is 0 Å². The third kappa shape index (κ3) is 5.33. The molecule has 0 spiro atoms. The predicted molar refractivity (Wildman–Crippen MR) is 135 cm³/mol. The molecule has 1 unspecified atom stereocenters. The Bertz CT molecular complexity index is 1050. The first-order valence-corrected chi connectivity index (χ1v) is 12.1. The number of aliphatic hydroxyl groups excluding tert-OH is 1. The van der Waals surface area contributed by atoms with Gasteiger partial charge in [0.05, 0.1) is 18.2 Å². The molecule has 0 aliphatic carbocycles. The van der Waals surface area contributed by atoms with Crippen LogP contribution in [0.15, 0.2) is 48.0 Å². The second kappa shape index (κ2) is 11.3. The summed E-state index contributed by atoms with van der Waals surface area (Å²) in [5.41, 5.74) is 3.40. The van der Waals surface area contributed by atoms with E-state index < -0.39 is 17.7 Å². The van der Waals surface area contributed by atoms with Crippen LogP contribution in [-0.2, 0) is 9.59 Å². The van der Waals surface area contributed by atoms with Gasteiger partial charge >= 0.3 is 0 Å². The predicted octanol–water partition coefficient (Wildman–Crippen LogP) is 4.86. The Morgan fingerprint density at radius 2 is 1.71 bits per heavy atom. The number of carbonyl (C=O) groups is 2. The molecule has 1 saturated heterocycles. The van der Waals surface area contributed by atoms with E-state index in [0.717, 1.165) is 48.5 Å². The largest absolute Gasteiger partial charge is 0.507 e. The minimum atomic E-state index is -0.641. The molecule has 2 aromatic rings.